The highest BCUT2D eigenvalue weighted by Gasteiger charge is 2.64. The van der Waals surface area contributed by atoms with Crippen LogP contribution in [-0.2, 0) is 20.2 Å². The smallest absolute Gasteiger partial charge is 0.407 e. The first-order chi connectivity index (χ1) is 22.2. The van der Waals surface area contributed by atoms with E-state index in [1.165, 1.54) is 59.7 Å². The zero-order chi connectivity index (χ0) is 32.6. The van der Waals surface area contributed by atoms with Crippen LogP contribution in [0.1, 0.15) is 23.6 Å². The summed E-state index contributed by atoms with van der Waals surface area (Å²) in [5.41, 5.74) is -1.38. The van der Waals surface area contributed by atoms with Gasteiger partial charge in [-0.05, 0) is 43.3 Å². The number of ether oxygens (including phenoxy) is 2. The molecule has 14 heteroatoms. The lowest BCUT2D eigenvalue weighted by molar-refractivity contribution is -0.122. The Morgan fingerprint density at radius 3 is 2.52 bits per heavy atom. The lowest BCUT2D eigenvalue weighted by atomic mass is 9.68. The van der Waals surface area contributed by atoms with Gasteiger partial charge in [0.2, 0.25) is 0 Å². The molecule has 0 saturated carbocycles. The van der Waals surface area contributed by atoms with Crippen molar-refractivity contribution < 1.29 is 32.6 Å². The van der Waals surface area contributed by atoms with Gasteiger partial charge in [-0.1, -0.05) is 30.3 Å². The lowest BCUT2D eigenvalue weighted by Crippen LogP contribution is -2.66. The molecule has 3 heterocycles. The maximum absolute atomic E-state index is 15.4. The van der Waals surface area contributed by atoms with Crippen molar-refractivity contribution in [1.29, 1.82) is 5.26 Å². The maximum atomic E-state index is 15.4. The predicted molar refractivity (Wildman–Crippen MR) is 170 cm³/mol. The first-order valence-electron chi connectivity index (χ1n) is 14.3. The molecule has 1 fully saturated rings. The Balaban J connectivity index is 1.71. The number of nitriles is 1. The summed E-state index contributed by atoms with van der Waals surface area (Å²) in [5, 5.41) is 23.0. The number of hydrogen-bond acceptors (Lipinski definition) is 10. The van der Waals surface area contributed by atoms with E-state index in [1.54, 1.807) is 48.8 Å². The van der Waals surface area contributed by atoms with Crippen LogP contribution in [0, 0.1) is 11.3 Å². The number of benzene rings is 3. The molecule has 0 radical (unpaired) electrons. The standard InChI is InChI=1S/C32H29N5O7S2/c1-3-44-25-9-5-4-8-22(25)32(28-20-35(30-34-14-17-45-30)15-16-36(28)31(39)40)23-18-21(19-33)12-13-24(23)37(29(32)38)46(41,42)27-11-7-6-10-26(27)43-2/h4-14,17-18,28H,3,15-16,20H2,1-2H3,(H,39,40). The van der Waals surface area contributed by atoms with Crippen LogP contribution in [0.15, 0.2) is 83.2 Å². The topological polar surface area (TPSA) is 153 Å². The molecular formula is C32H29N5O7S2. The fourth-order valence-electron chi connectivity index (χ4n) is 6.42. The van der Waals surface area contributed by atoms with Crippen LogP contribution in [0.5, 0.6) is 11.5 Å². The Morgan fingerprint density at radius 2 is 1.85 bits per heavy atom. The first kappa shape index (κ1) is 30.9. The summed E-state index contributed by atoms with van der Waals surface area (Å²) in [4.78, 5) is 35.6. The van der Waals surface area contributed by atoms with Gasteiger partial charge in [0.25, 0.3) is 15.9 Å². The highest BCUT2D eigenvalue weighted by atomic mass is 32.2. The Hall–Kier alpha value is -5.13. The number of aromatic nitrogens is 1. The van der Waals surface area contributed by atoms with Crippen LogP contribution in [0.25, 0.3) is 0 Å². The van der Waals surface area contributed by atoms with E-state index in [1.807, 2.05) is 4.90 Å². The molecule has 1 saturated heterocycles. The highest BCUT2D eigenvalue weighted by Crippen LogP contribution is 2.54. The Kier molecular flexibility index (Phi) is 8.05. The van der Waals surface area contributed by atoms with Gasteiger partial charge in [0.05, 0.1) is 37.1 Å². The van der Waals surface area contributed by atoms with E-state index in [2.05, 4.69) is 11.1 Å². The number of amides is 2. The molecule has 1 aromatic heterocycles. The third kappa shape index (κ3) is 4.70. The Bertz CT molecular complexity index is 1960. The van der Waals surface area contributed by atoms with E-state index >= 15 is 4.79 Å². The summed E-state index contributed by atoms with van der Waals surface area (Å²) in [5.74, 6) is -0.606. The fourth-order valence-corrected chi connectivity index (χ4v) is 8.73. The molecule has 1 N–H and O–H groups in total. The van der Waals surface area contributed by atoms with Crippen molar-refractivity contribution in [3.8, 4) is 17.6 Å². The molecule has 2 unspecified atom stereocenters. The quantitative estimate of drug-likeness (QED) is 0.290. The zero-order valence-electron chi connectivity index (χ0n) is 24.9. The van der Waals surface area contributed by atoms with Crippen LogP contribution in [-0.4, -0.2) is 74.8 Å². The minimum Gasteiger partial charge on any atom is -0.495 e. The SMILES string of the molecule is CCOc1ccccc1C1(C2CN(c3nccs3)CCN2C(=O)O)C(=O)N(S(=O)(=O)c2ccccc2OC)c2ccc(C#N)cc21. The molecule has 236 valence electrons. The molecular weight excluding hydrogens is 631 g/mol. The number of sulfonamides is 1. The minimum absolute atomic E-state index is 0.00193. The Morgan fingerprint density at radius 1 is 1.11 bits per heavy atom. The van der Waals surface area contributed by atoms with Crippen LogP contribution in [0.3, 0.4) is 0 Å². The molecule has 2 aliphatic heterocycles. The third-order valence-electron chi connectivity index (χ3n) is 8.31. The van der Waals surface area contributed by atoms with E-state index in [0.717, 1.165) is 0 Å². The van der Waals surface area contributed by atoms with Crippen molar-refractivity contribution in [3.63, 3.8) is 0 Å². The van der Waals surface area contributed by atoms with E-state index in [9.17, 15) is 23.6 Å². The second kappa shape index (κ2) is 12.0. The van der Waals surface area contributed by atoms with Gasteiger partial charge < -0.3 is 24.4 Å². The van der Waals surface area contributed by atoms with E-state index < -0.39 is 33.5 Å². The van der Waals surface area contributed by atoms with Crippen LogP contribution in [0.2, 0.25) is 0 Å². The molecule has 4 aromatic rings. The number of rotatable bonds is 8. The molecule has 3 aromatic carbocycles. The summed E-state index contributed by atoms with van der Waals surface area (Å²) in [6.07, 6.45) is 0.351. The van der Waals surface area contributed by atoms with Gasteiger partial charge in [0.1, 0.15) is 21.8 Å². The summed E-state index contributed by atoms with van der Waals surface area (Å²) >= 11 is 1.36. The van der Waals surface area contributed by atoms with Gasteiger partial charge >= 0.3 is 6.09 Å². The number of para-hydroxylation sites is 2. The normalized spacial score (nSPS) is 19.5. The highest BCUT2D eigenvalue weighted by molar-refractivity contribution is 7.93. The van der Waals surface area contributed by atoms with Crippen LogP contribution < -0.4 is 18.7 Å². The van der Waals surface area contributed by atoms with Gasteiger partial charge in [-0.15, -0.1) is 11.3 Å². The summed E-state index contributed by atoms with van der Waals surface area (Å²) in [7, 11) is -3.33. The van der Waals surface area contributed by atoms with Gasteiger partial charge in [-0.25, -0.2) is 22.5 Å². The number of piperazine rings is 1. The van der Waals surface area contributed by atoms with E-state index in [4.69, 9.17) is 9.47 Å². The Labute approximate surface area is 269 Å². The van der Waals surface area contributed by atoms with Crippen LogP contribution >= 0.6 is 11.3 Å². The van der Waals surface area contributed by atoms with Crippen molar-refractivity contribution in [1.82, 2.24) is 9.88 Å². The second-order valence-corrected chi connectivity index (χ2v) is 13.2. The number of methoxy groups -OCH3 is 1. The molecule has 6 rings (SSSR count). The van der Waals surface area contributed by atoms with E-state index in [0.29, 0.717) is 16.0 Å². The summed E-state index contributed by atoms with van der Waals surface area (Å²) in [6, 6.07) is 17.9. The number of thiazole rings is 1. The van der Waals surface area contributed by atoms with Crippen molar-refractivity contribution in [2.45, 2.75) is 23.3 Å². The third-order valence-corrected chi connectivity index (χ3v) is 10.9. The minimum atomic E-state index is -4.66. The molecule has 2 atom stereocenters. The fraction of sp³-hybridized carbons (Fsp3) is 0.250. The average Bonchev–Trinajstić information content (AvgIpc) is 3.70. The number of nitrogens with zero attached hydrogens (tertiary/aromatic N) is 5. The first-order valence-corrected chi connectivity index (χ1v) is 16.7. The summed E-state index contributed by atoms with van der Waals surface area (Å²) in [6.45, 7) is 2.27. The number of carbonyl (C=O) groups excluding carboxylic acids is 1. The number of hydrogen-bond donors (Lipinski definition) is 1. The van der Waals surface area contributed by atoms with Gasteiger partial charge in [-0.3, -0.25) is 4.79 Å². The number of carboxylic acid groups (broad SMARTS) is 1. The number of fused-ring (bicyclic) bond motifs is 1. The number of carbonyl (C=O) groups is 2. The van der Waals surface area contributed by atoms with Crippen molar-refractivity contribution >= 4 is 44.2 Å². The average molecular weight is 660 g/mol. The van der Waals surface area contributed by atoms with Crippen molar-refractivity contribution in [2.75, 3.05) is 42.6 Å². The molecule has 12 nitrogen and oxygen atoms in total. The lowest BCUT2D eigenvalue weighted by Gasteiger charge is -2.48. The predicted octanol–water partition coefficient (Wildman–Crippen LogP) is 4.31. The monoisotopic (exact) mass is 659 g/mol. The van der Waals surface area contributed by atoms with E-state index in [-0.39, 0.29) is 58.5 Å². The summed E-state index contributed by atoms with van der Waals surface area (Å²) < 4.78 is 41.3. The van der Waals surface area contributed by atoms with Crippen LogP contribution in [0.4, 0.5) is 15.6 Å². The largest absolute Gasteiger partial charge is 0.495 e. The van der Waals surface area contributed by atoms with Gasteiger partial charge in [0.15, 0.2) is 5.13 Å². The molecule has 0 spiro atoms. The second-order valence-electron chi connectivity index (χ2n) is 10.6. The maximum Gasteiger partial charge on any atom is 0.407 e. The van der Waals surface area contributed by atoms with Gasteiger partial charge in [0, 0.05) is 42.3 Å². The number of anilines is 2. The molecule has 2 aliphatic rings. The van der Waals surface area contributed by atoms with Gasteiger partial charge in [-0.2, -0.15) is 5.26 Å². The van der Waals surface area contributed by atoms with Crippen molar-refractivity contribution in [2.24, 2.45) is 0 Å². The molecule has 0 bridgehead atoms. The zero-order valence-corrected chi connectivity index (χ0v) is 26.5. The molecule has 46 heavy (non-hydrogen) atoms. The molecule has 2 amide bonds. The molecule has 0 aliphatic carbocycles. The van der Waals surface area contributed by atoms with Crippen molar-refractivity contribution in [3.05, 3.63) is 95.0 Å².